The molecule has 7 heteroatoms. The Morgan fingerprint density at radius 3 is 2.62 bits per heavy atom. The van der Waals surface area contributed by atoms with E-state index < -0.39 is 0 Å². The van der Waals surface area contributed by atoms with E-state index in [4.69, 9.17) is 16.3 Å². The second-order valence-corrected chi connectivity index (χ2v) is 5.93. The summed E-state index contributed by atoms with van der Waals surface area (Å²) < 4.78 is 5.44. The van der Waals surface area contributed by atoms with Gasteiger partial charge in [0.05, 0.1) is 23.5 Å². The van der Waals surface area contributed by atoms with Crippen LogP contribution in [0.5, 0.6) is 0 Å². The van der Waals surface area contributed by atoms with E-state index in [0.29, 0.717) is 23.9 Å². The number of rotatable bonds is 3. The molecule has 0 N–H and O–H groups in total. The molecule has 1 aromatic heterocycles. The molecule has 0 unspecified atom stereocenters. The molecule has 6 nitrogen and oxygen atoms in total. The Balaban J connectivity index is 1.81. The van der Waals surface area contributed by atoms with E-state index in [1.54, 1.807) is 19.5 Å². The second-order valence-electron chi connectivity index (χ2n) is 5.50. The van der Waals surface area contributed by atoms with Gasteiger partial charge in [-0.25, -0.2) is 9.97 Å². The zero-order chi connectivity index (χ0) is 14.8. The van der Waals surface area contributed by atoms with Crippen LogP contribution in [0.2, 0.25) is 5.02 Å². The molecule has 0 saturated carbocycles. The Labute approximate surface area is 129 Å². The maximum absolute atomic E-state index is 12.7. The largest absolute Gasteiger partial charge is 0.380 e. The first kappa shape index (κ1) is 14.5. The van der Waals surface area contributed by atoms with Crippen molar-refractivity contribution in [2.24, 2.45) is 0 Å². The number of anilines is 1. The van der Waals surface area contributed by atoms with Gasteiger partial charge in [-0.1, -0.05) is 11.6 Å². The summed E-state index contributed by atoms with van der Waals surface area (Å²) in [5, 5.41) is 0.489. The van der Waals surface area contributed by atoms with Crippen LogP contribution in [0.3, 0.4) is 0 Å². The molecule has 0 aromatic carbocycles. The molecule has 2 fully saturated rings. The number of carbonyl (C=O) groups excluding carboxylic acids is 1. The smallest absolute Gasteiger partial charge is 0.245 e. The van der Waals surface area contributed by atoms with E-state index in [-0.39, 0.29) is 18.1 Å². The number of carbonyl (C=O) groups is 1. The summed E-state index contributed by atoms with van der Waals surface area (Å²) in [6.45, 7) is 2.33. The van der Waals surface area contributed by atoms with Crippen LogP contribution < -0.4 is 4.90 Å². The molecular weight excluding hydrogens is 292 g/mol. The minimum absolute atomic E-state index is 0.0285. The minimum Gasteiger partial charge on any atom is -0.380 e. The van der Waals surface area contributed by atoms with Crippen LogP contribution in [-0.2, 0) is 9.53 Å². The predicted octanol–water partition coefficient (Wildman–Crippen LogP) is 1.35. The van der Waals surface area contributed by atoms with Crippen LogP contribution in [0.4, 0.5) is 5.95 Å². The number of hydrogen-bond acceptors (Lipinski definition) is 5. The molecule has 0 spiro atoms. The molecule has 2 aliphatic rings. The second kappa shape index (κ2) is 6.15. The van der Waals surface area contributed by atoms with Crippen molar-refractivity contribution in [1.29, 1.82) is 0 Å². The Morgan fingerprint density at radius 2 is 2.00 bits per heavy atom. The van der Waals surface area contributed by atoms with Crippen molar-refractivity contribution in [1.82, 2.24) is 14.9 Å². The van der Waals surface area contributed by atoms with Crippen molar-refractivity contribution in [2.45, 2.75) is 31.4 Å². The number of ether oxygens (including phenoxy) is 1. The number of nitrogens with zero attached hydrogens (tertiary/aromatic N) is 4. The predicted molar refractivity (Wildman–Crippen MR) is 79.4 cm³/mol. The summed E-state index contributed by atoms with van der Waals surface area (Å²) in [6, 6.07) is -0.241. The molecule has 0 radical (unpaired) electrons. The van der Waals surface area contributed by atoms with E-state index in [1.165, 1.54) is 0 Å². The molecule has 2 aliphatic heterocycles. The lowest BCUT2D eigenvalue weighted by Crippen LogP contribution is -2.45. The van der Waals surface area contributed by atoms with Crippen LogP contribution in [0.15, 0.2) is 12.4 Å². The highest BCUT2D eigenvalue weighted by Crippen LogP contribution is 2.27. The van der Waals surface area contributed by atoms with E-state index in [9.17, 15) is 4.79 Å². The van der Waals surface area contributed by atoms with E-state index in [1.807, 2.05) is 9.80 Å². The van der Waals surface area contributed by atoms with Crippen molar-refractivity contribution in [3.05, 3.63) is 17.4 Å². The zero-order valence-electron chi connectivity index (χ0n) is 12.0. The molecule has 0 bridgehead atoms. The fraction of sp³-hybridized carbons (Fsp3) is 0.643. The Kier molecular flexibility index (Phi) is 4.26. The summed E-state index contributed by atoms with van der Waals surface area (Å²) >= 11 is 5.83. The highest BCUT2D eigenvalue weighted by atomic mass is 35.5. The number of amides is 1. The van der Waals surface area contributed by atoms with Gasteiger partial charge in [0.15, 0.2) is 0 Å². The van der Waals surface area contributed by atoms with Gasteiger partial charge < -0.3 is 14.5 Å². The van der Waals surface area contributed by atoms with Crippen LogP contribution in [0, 0.1) is 0 Å². The molecule has 3 rings (SSSR count). The minimum atomic E-state index is -0.241. The van der Waals surface area contributed by atoms with Gasteiger partial charge in [-0.05, 0) is 12.8 Å². The van der Waals surface area contributed by atoms with Gasteiger partial charge in [-0.3, -0.25) is 4.79 Å². The summed E-state index contributed by atoms with van der Waals surface area (Å²) in [5.74, 6) is 0.696. The molecule has 2 saturated heterocycles. The summed E-state index contributed by atoms with van der Waals surface area (Å²) in [4.78, 5) is 25.1. The van der Waals surface area contributed by atoms with Crippen molar-refractivity contribution in [3.8, 4) is 0 Å². The maximum atomic E-state index is 12.7. The highest BCUT2D eigenvalue weighted by Gasteiger charge is 2.40. The van der Waals surface area contributed by atoms with E-state index in [2.05, 4.69) is 9.97 Å². The molecule has 1 aromatic rings. The molecule has 114 valence electrons. The van der Waals surface area contributed by atoms with E-state index in [0.717, 1.165) is 25.9 Å². The third-order valence-electron chi connectivity index (χ3n) is 4.16. The van der Waals surface area contributed by atoms with Crippen LogP contribution in [-0.4, -0.2) is 59.7 Å². The zero-order valence-corrected chi connectivity index (χ0v) is 12.8. The summed E-state index contributed by atoms with van der Waals surface area (Å²) in [5.41, 5.74) is 0. The lowest BCUT2D eigenvalue weighted by atomic mass is 10.1. The van der Waals surface area contributed by atoms with Gasteiger partial charge in [0.1, 0.15) is 6.04 Å². The molecular formula is C14H19ClN4O2. The Morgan fingerprint density at radius 1 is 1.33 bits per heavy atom. The lowest BCUT2D eigenvalue weighted by Gasteiger charge is -2.27. The first-order valence-corrected chi connectivity index (χ1v) is 7.62. The van der Waals surface area contributed by atoms with Crippen molar-refractivity contribution < 1.29 is 9.53 Å². The fourth-order valence-electron chi connectivity index (χ4n) is 3.03. The SMILES string of the molecule is CO[C@H]1C[C@@H](C(=O)N2CCCC2)N(c2ncc(Cl)cn2)C1. The number of aromatic nitrogens is 2. The first-order valence-electron chi connectivity index (χ1n) is 7.25. The third-order valence-corrected chi connectivity index (χ3v) is 4.36. The van der Waals surface area contributed by atoms with E-state index >= 15 is 0 Å². The molecule has 1 amide bonds. The molecule has 0 aliphatic carbocycles. The summed E-state index contributed by atoms with van der Waals surface area (Å²) in [6.07, 6.45) is 5.99. The normalized spacial score (nSPS) is 25.6. The third kappa shape index (κ3) is 2.96. The standard InChI is InChI=1S/C14H19ClN4O2/c1-21-11-6-12(13(20)18-4-2-3-5-18)19(9-11)14-16-7-10(15)8-17-14/h7-8,11-12H,2-6,9H2,1H3/t11-,12-/m0/s1. The van der Waals surface area contributed by atoms with Crippen molar-refractivity contribution in [2.75, 3.05) is 31.6 Å². The molecule has 3 heterocycles. The van der Waals surface area contributed by atoms with Gasteiger partial charge in [0.2, 0.25) is 11.9 Å². The van der Waals surface area contributed by atoms with Crippen LogP contribution in [0.1, 0.15) is 19.3 Å². The first-order chi connectivity index (χ1) is 10.2. The fourth-order valence-corrected chi connectivity index (χ4v) is 3.12. The van der Waals surface area contributed by atoms with Crippen LogP contribution >= 0.6 is 11.6 Å². The number of methoxy groups -OCH3 is 1. The van der Waals surface area contributed by atoms with Gasteiger partial charge in [0.25, 0.3) is 0 Å². The highest BCUT2D eigenvalue weighted by molar-refractivity contribution is 6.30. The Hall–Kier alpha value is -1.40. The van der Waals surface area contributed by atoms with Gasteiger partial charge >= 0.3 is 0 Å². The average Bonchev–Trinajstić information content (AvgIpc) is 3.17. The molecule has 2 atom stereocenters. The summed E-state index contributed by atoms with van der Waals surface area (Å²) in [7, 11) is 1.67. The molecule has 21 heavy (non-hydrogen) atoms. The monoisotopic (exact) mass is 310 g/mol. The lowest BCUT2D eigenvalue weighted by molar-refractivity contribution is -0.131. The maximum Gasteiger partial charge on any atom is 0.245 e. The van der Waals surface area contributed by atoms with Gasteiger partial charge in [0, 0.05) is 33.2 Å². The number of hydrogen-bond donors (Lipinski definition) is 0. The number of halogens is 1. The van der Waals surface area contributed by atoms with Crippen molar-refractivity contribution >= 4 is 23.5 Å². The Bertz CT molecular complexity index is 504. The average molecular weight is 311 g/mol. The number of likely N-dealkylation sites (tertiary alicyclic amines) is 1. The van der Waals surface area contributed by atoms with Crippen molar-refractivity contribution in [3.63, 3.8) is 0 Å². The van der Waals surface area contributed by atoms with Crippen LogP contribution in [0.25, 0.3) is 0 Å². The van der Waals surface area contributed by atoms with Gasteiger partial charge in [-0.15, -0.1) is 0 Å². The topological polar surface area (TPSA) is 58.6 Å². The van der Waals surface area contributed by atoms with Gasteiger partial charge in [-0.2, -0.15) is 0 Å². The quantitative estimate of drug-likeness (QED) is 0.843.